The first-order valence-corrected chi connectivity index (χ1v) is 5.34. The van der Waals surface area contributed by atoms with E-state index in [0.29, 0.717) is 11.0 Å². The molecular formula is C8H8BF3O3S. The molecule has 0 unspecified atom stereocenters. The fourth-order valence-corrected chi connectivity index (χ4v) is 1.52. The molecule has 1 aromatic carbocycles. The molecule has 16 heavy (non-hydrogen) atoms. The van der Waals surface area contributed by atoms with Crippen LogP contribution < -0.4 is 4.65 Å². The van der Waals surface area contributed by atoms with Crippen LogP contribution in [0.25, 0.3) is 0 Å². The summed E-state index contributed by atoms with van der Waals surface area (Å²) in [6.07, 6.45) is -2.89. The lowest BCUT2D eigenvalue weighted by Gasteiger charge is -2.11. The van der Waals surface area contributed by atoms with Gasteiger partial charge >= 0.3 is 13.5 Å². The van der Waals surface area contributed by atoms with Crippen LogP contribution in [-0.2, 0) is 6.18 Å². The van der Waals surface area contributed by atoms with E-state index >= 15 is 0 Å². The van der Waals surface area contributed by atoms with Crippen LogP contribution in [0.2, 0.25) is 0 Å². The van der Waals surface area contributed by atoms with E-state index in [1.807, 2.05) is 0 Å². The molecule has 1 rings (SSSR count). The topological polar surface area (TPSA) is 49.7 Å². The van der Waals surface area contributed by atoms with Crippen molar-refractivity contribution >= 4 is 19.1 Å². The molecule has 0 atom stereocenters. The number of rotatable bonds is 3. The van der Waals surface area contributed by atoms with Gasteiger partial charge in [-0.1, -0.05) is 0 Å². The molecule has 0 amide bonds. The van der Waals surface area contributed by atoms with E-state index in [1.165, 1.54) is 6.07 Å². The Morgan fingerprint density at radius 3 is 2.31 bits per heavy atom. The highest BCUT2D eigenvalue weighted by Crippen LogP contribution is 2.34. The van der Waals surface area contributed by atoms with Crippen LogP contribution in [-0.4, -0.2) is 23.6 Å². The second-order valence-electron chi connectivity index (χ2n) is 2.84. The largest absolute Gasteiger partial charge is 0.707 e. The van der Waals surface area contributed by atoms with E-state index in [-0.39, 0.29) is 5.75 Å². The van der Waals surface area contributed by atoms with Gasteiger partial charge < -0.3 is 14.7 Å². The first kappa shape index (κ1) is 13.2. The summed E-state index contributed by atoms with van der Waals surface area (Å²) in [6, 6.07) is 2.96. The third kappa shape index (κ3) is 3.62. The van der Waals surface area contributed by atoms with E-state index in [2.05, 4.69) is 4.65 Å². The summed E-state index contributed by atoms with van der Waals surface area (Å²) in [5.74, 6) is -0.242. The molecule has 0 spiro atoms. The van der Waals surface area contributed by atoms with E-state index in [4.69, 9.17) is 10.0 Å². The Morgan fingerprint density at radius 1 is 1.25 bits per heavy atom. The van der Waals surface area contributed by atoms with Crippen LogP contribution >= 0.6 is 11.8 Å². The average molecular weight is 252 g/mol. The normalized spacial score (nSPS) is 11.4. The second kappa shape index (κ2) is 4.98. The molecule has 0 aliphatic heterocycles. The van der Waals surface area contributed by atoms with Gasteiger partial charge in [0.05, 0.1) is 5.56 Å². The van der Waals surface area contributed by atoms with E-state index in [0.717, 1.165) is 17.8 Å². The fraction of sp³-hybridized carbons (Fsp3) is 0.250. The van der Waals surface area contributed by atoms with Crippen molar-refractivity contribution in [3.8, 4) is 5.75 Å². The first-order chi connectivity index (χ1) is 7.32. The first-order valence-electron chi connectivity index (χ1n) is 4.12. The van der Waals surface area contributed by atoms with Crippen molar-refractivity contribution in [3.63, 3.8) is 0 Å². The van der Waals surface area contributed by atoms with Crippen molar-refractivity contribution in [3.05, 3.63) is 23.8 Å². The molecule has 0 heterocycles. The Labute approximate surface area is 94.4 Å². The maximum Gasteiger partial charge on any atom is 0.707 e. The summed E-state index contributed by atoms with van der Waals surface area (Å²) < 4.78 is 41.7. The molecular weight excluding hydrogens is 244 g/mol. The van der Waals surface area contributed by atoms with Crippen molar-refractivity contribution in [2.45, 2.75) is 11.1 Å². The Bertz CT molecular complexity index is 370. The molecule has 0 saturated carbocycles. The molecule has 3 nitrogen and oxygen atoms in total. The van der Waals surface area contributed by atoms with Gasteiger partial charge in [0.2, 0.25) is 0 Å². The van der Waals surface area contributed by atoms with Crippen LogP contribution in [0.3, 0.4) is 0 Å². The average Bonchev–Trinajstić information content (AvgIpc) is 2.14. The predicted octanol–water partition coefficient (Wildman–Crippen LogP) is 1.78. The lowest BCUT2D eigenvalue weighted by molar-refractivity contribution is -0.137. The summed E-state index contributed by atoms with van der Waals surface area (Å²) in [4.78, 5) is 0.325. The molecule has 0 aromatic heterocycles. The minimum absolute atomic E-state index is 0.242. The monoisotopic (exact) mass is 252 g/mol. The van der Waals surface area contributed by atoms with Crippen molar-refractivity contribution in [2.75, 3.05) is 6.26 Å². The molecule has 8 heteroatoms. The summed E-state index contributed by atoms with van der Waals surface area (Å²) >= 11 is 1.10. The highest BCUT2D eigenvalue weighted by atomic mass is 32.2. The third-order valence-corrected chi connectivity index (χ3v) is 2.39. The third-order valence-electron chi connectivity index (χ3n) is 1.68. The molecule has 0 fully saturated rings. The smallest absolute Gasteiger partial charge is 0.512 e. The van der Waals surface area contributed by atoms with E-state index < -0.39 is 19.1 Å². The molecule has 0 saturated heterocycles. The van der Waals surface area contributed by atoms with Gasteiger partial charge in [0.15, 0.2) is 0 Å². The summed E-state index contributed by atoms with van der Waals surface area (Å²) in [5, 5.41) is 17.0. The minimum Gasteiger partial charge on any atom is -0.512 e. The zero-order valence-corrected chi connectivity index (χ0v) is 8.97. The fourth-order valence-electron chi connectivity index (χ4n) is 1.04. The predicted molar refractivity (Wildman–Crippen MR) is 54.0 cm³/mol. The zero-order valence-electron chi connectivity index (χ0n) is 8.15. The number of hydrogen-bond donors (Lipinski definition) is 2. The number of alkyl halides is 3. The number of hydrogen-bond acceptors (Lipinski definition) is 4. The lowest BCUT2D eigenvalue weighted by Crippen LogP contribution is -2.21. The van der Waals surface area contributed by atoms with Crippen molar-refractivity contribution in [1.29, 1.82) is 0 Å². The number of thioether (sulfide) groups is 1. The highest BCUT2D eigenvalue weighted by molar-refractivity contribution is 7.98. The van der Waals surface area contributed by atoms with Crippen molar-refractivity contribution in [1.82, 2.24) is 0 Å². The molecule has 88 valence electrons. The van der Waals surface area contributed by atoms with Crippen LogP contribution in [0.15, 0.2) is 23.1 Å². The van der Waals surface area contributed by atoms with Crippen LogP contribution in [0, 0.1) is 0 Å². The molecule has 0 aliphatic rings. The maximum atomic E-state index is 12.4. The summed E-state index contributed by atoms with van der Waals surface area (Å²) in [5.41, 5.74) is -0.894. The maximum absolute atomic E-state index is 12.4. The van der Waals surface area contributed by atoms with E-state index in [1.54, 1.807) is 6.26 Å². The van der Waals surface area contributed by atoms with Gasteiger partial charge in [-0.2, -0.15) is 13.2 Å². The van der Waals surface area contributed by atoms with Crippen molar-refractivity contribution < 1.29 is 27.9 Å². The molecule has 0 aliphatic carbocycles. The van der Waals surface area contributed by atoms with Gasteiger partial charge in [0, 0.05) is 4.90 Å². The standard InChI is InChI=1S/C8H8BF3O3S/c1-16-7-3-5(8(10,11)12)2-6(4-7)15-9(13)14/h2-4,13-14H,1H3. The Hall–Kier alpha value is -0.855. The van der Waals surface area contributed by atoms with Gasteiger partial charge in [-0.3, -0.25) is 0 Å². The van der Waals surface area contributed by atoms with Gasteiger partial charge in [0.25, 0.3) is 0 Å². The quantitative estimate of drug-likeness (QED) is 0.635. The van der Waals surface area contributed by atoms with Crippen molar-refractivity contribution in [2.24, 2.45) is 0 Å². The Balaban J connectivity index is 3.11. The Kier molecular flexibility index (Phi) is 4.12. The molecule has 1 aromatic rings. The van der Waals surface area contributed by atoms with Crippen LogP contribution in [0.1, 0.15) is 5.56 Å². The van der Waals surface area contributed by atoms with Gasteiger partial charge in [-0.15, -0.1) is 11.8 Å². The highest BCUT2D eigenvalue weighted by Gasteiger charge is 2.31. The SMILES string of the molecule is CSc1cc(OB(O)O)cc(C(F)(F)F)c1. The second-order valence-corrected chi connectivity index (χ2v) is 3.72. The Morgan fingerprint density at radius 2 is 1.88 bits per heavy atom. The van der Waals surface area contributed by atoms with Crippen LogP contribution in [0.5, 0.6) is 5.75 Å². The molecule has 0 radical (unpaired) electrons. The van der Waals surface area contributed by atoms with E-state index in [9.17, 15) is 13.2 Å². The molecule has 0 bridgehead atoms. The number of benzene rings is 1. The van der Waals surface area contributed by atoms with Crippen LogP contribution in [0.4, 0.5) is 13.2 Å². The molecule has 2 N–H and O–H groups in total. The summed E-state index contributed by atoms with van der Waals surface area (Å²) in [7, 11) is -2.14. The van der Waals surface area contributed by atoms with Gasteiger partial charge in [0.1, 0.15) is 5.75 Å². The minimum atomic E-state index is -4.50. The van der Waals surface area contributed by atoms with Gasteiger partial charge in [-0.05, 0) is 24.5 Å². The zero-order chi connectivity index (χ0) is 12.3. The number of halogens is 3. The van der Waals surface area contributed by atoms with Gasteiger partial charge in [-0.25, -0.2) is 0 Å². The lowest BCUT2D eigenvalue weighted by atomic mass is 10.2. The summed E-state index contributed by atoms with van der Waals surface area (Å²) in [6.45, 7) is 0.